The summed E-state index contributed by atoms with van der Waals surface area (Å²) in [6, 6.07) is 17.7. The number of nitro benzene ring substituents is 1. The third-order valence-corrected chi connectivity index (χ3v) is 9.54. The molecule has 0 aliphatic carbocycles. The highest BCUT2D eigenvalue weighted by atomic mass is 32.2. The molecule has 1 atom stereocenters. The van der Waals surface area contributed by atoms with Crippen molar-refractivity contribution in [3.05, 3.63) is 140 Å². The fourth-order valence-electron chi connectivity index (χ4n) is 4.75. The fraction of sp³-hybridized carbons (Fsp3) is 0.100. The van der Waals surface area contributed by atoms with Crippen LogP contribution in [0.15, 0.2) is 108 Å². The molecule has 0 radical (unpaired) electrons. The Bertz CT molecular complexity index is 2200. The maximum absolute atomic E-state index is 14.1. The van der Waals surface area contributed by atoms with Gasteiger partial charge in [0.25, 0.3) is 22.7 Å². The van der Waals surface area contributed by atoms with Gasteiger partial charge in [0, 0.05) is 39.4 Å². The third kappa shape index (κ3) is 5.82. The number of carbonyl (C=O) groups is 1. The largest absolute Gasteiger partial charge is 0.322 e. The molecule has 3 aromatic heterocycles. The number of nitrogens with one attached hydrogen (secondary N) is 2. The number of allylic oxidation sites excluding steroid dienone is 1. The molecule has 44 heavy (non-hydrogen) atoms. The summed E-state index contributed by atoms with van der Waals surface area (Å²) in [4.78, 5) is 64.2. The molecule has 0 bridgehead atoms. The standard InChI is InChI=1S/C30H22N6O5S3/c1-16-13-24(37)34-29(31-16)43-21-11-10-20(36(40)41)14-18(21)15-23-28(39)35-26(22-9-6-12-42-22)25(17(2)32-30(35)44-23)27(38)33-19-7-4-3-5-8-19/h3-15,26H,1-2H3,(H,33,38)(H,31,34,37)/b23-15+/t26-/m0/s1. The van der Waals surface area contributed by atoms with Crippen LogP contribution in [-0.4, -0.2) is 25.4 Å². The van der Waals surface area contributed by atoms with Crippen LogP contribution in [0.3, 0.4) is 0 Å². The fourth-order valence-corrected chi connectivity index (χ4v) is 7.53. The van der Waals surface area contributed by atoms with E-state index < -0.39 is 16.5 Å². The van der Waals surface area contributed by atoms with E-state index in [4.69, 9.17) is 0 Å². The number of aromatic amines is 1. The number of aromatic nitrogens is 3. The van der Waals surface area contributed by atoms with Crippen LogP contribution in [0.2, 0.25) is 0 Å². The van der Waals surface area contributed by atoms with Crippen molar-refractivity contribution in [1.82, 2.24) is 14.5 Å². The van der Waals surface area contributed by atoms with Gasteiger partial charge in [-0.3, -0.25) is 29.1 Å². The zero-order chi connectivity index (χ0) is 31.0. The first kappa shape index (κ1) is 29.2. The van der Waals surface area contributed by atoms with Crippen LogP contribution in [0.25, 0.3) is 6.08 Å². The minimum Gasteiger partial charge on any atom is -0.322 e. The minimum atomic E-state index is -0.724. The van der Waals surface area contributed by atoms with E-state index in [2.05, 4.69) is 20.3 Å². The van der Waals surface area contributed by atoms with Crippen molar-refractivity contribution in [2.45, 2.75) is 29.9 Å². The number of benzene rings is 2. The third-order valence-electron chi connectivity index (χ3n) is 6.66. The van der Waals surface area contributed by atoms with Gasteiger partial charge in [0.15, 0.2) is 9.96 Å². The van der Waals surface area contributed by atoms with Crippen molar-refractivity contribution < 1.29 is 9.72 Å². The number of nitro groups is 1. The molecule has 14 heteroatoms. The number of non-ortho nitro benzene ring substituents is 1. The van der Waals surface area contributed by atoms with E-state index in [1.54, 1.807) is 38.1 Å². The highest BCUT2D eigenvalue weighted by molar-refractivity contribution is 7.99. The molecule has 0 saturated carbocycles. The van der Waals surface area contributed by atoms with E-state index in [0.29, 0.717) is 43.1 Å². The summed E-state index contributed by atoms with van der Waals surface area (Å²) in [6.45, 7) is 3.43. The zero-order valence-electron chi connectivity index (χ0n) is 23.1. The van der Waals surface area contributed by atoms with Gasteiger partial charge in [-0.15, -0.1) is 11.3 Å². The highest BCUT2D eigenvalue weighted by Gasteiger charge is 2.33. The van der Waals surface area contributed by atoms with Gasteiger partial charge in [-0.1, -0.05) is 47.4 Å². The molecule has 1 amide bonds. The lowest BCUT2D eigenvalue weighted by Crippen LogP contribution is -2.40. The number of anilines is 1. The summed E-state index contributed by atoms with van der Waals surface area (Å²) in [6.07, 6.45) is 1.57. The Morgan fingerprint density at radius 1 is 1.11 bits per heavy atom. The SMILES string of the molecule is CC1=C(C(=O)Nc2ccccc2)[C@H](c2cccs2)n2c(s/c(=C/c3cc([N+](=O)[O-])ccc3Sc3nc(C)cc(=O)[nH]3)c2=O)=N1. The van der Waals surface area contributed by atoms with E-state index in [1.165, 1.54) is 34.1 Å². The molecule has 1 aliphatic rings. The van der Waals surface area contributed by atoms with Gasteiger partial charge in [-0.25, -0.2) is 9.98 Å². The van der Waals surface area contributed by atoms with Crippen LogP contribution in [0.5, 0.6) is 0 Å². The zero-order valence-corrected chi connectivity index (χ0v) is 25.6. The molecular weight excluding hydrogens is 621 g/mol. The van der Waals surface area contributed by atoms with Crippen molar-refractivity contribution in [1.29, 1.82) is 0 Å². The molecule has 0 saturated heterocycles. The Balaban J connectivity index is 1.49. The number of thiophene rings is 1. The van der Waals surface area contributed by atoms with E-state index in [-0.39, 0.29) is 21.7 Å². The number of H-pyrrole nitrogens is 1. The van der Waals surface area contributed by atoms with Crippen molar-refractivity contribution in [3.8, 4) is 0 Å². The lowest BCUT2D eigenvalue weighted by molar-refractivity contribution is -0.384. The summed E-state index contributed by atoms with van der Waals surface area (Å²) in [7, 11) is 0. The predicted molar refractivity (Wildman–Crippen MR) is 170 cm³/mol. The van der Waals surface area contributed by atoms with Crippen molar-refractivity contribution >= 4 is 57.8 Å². The van der Waals surface area contributed by atoms with E-state index in [1.807, 2.05) is 35.7 Å². The number of aryl methyl sites for hydroxylation is 1. The number of rotatable bonds is 7. The average molecular weight is 643 g/mol. The van der Waals surface area contributed by atoms with Crippen LogP contribution in [0.4, 0.5) is 11.4 Å². The lowest BCUT2D eigenvalue weighted by atomic mass is 10.0. The van der Waals surface area contributed by atoms with Crippen LogP contribution >= 0.6 is 34.4 Å². The summed E-state index contributed by atoms with van der Waals surface area (Å²) in [5, 5.41) is 16.7. The molecular formula is C30H22N6O5S3. The Kier molecular flexibility index (Phi) is 7.95. The number of amides is 1. The quantitative estimate of drug-likeness (QED) is 0.152. The Hall–Kier alpha value is -4.92. The van der Waals surface area contributed by atoms with E-state index in [0.717, 1.165) is 28.0 Å². The smallest absolute Gasteiger partial charge is 0.271 e. The number of hydrogen-bond acceptors (Lipinski definition) is 10. The Morgan fingerprint density at radius 2 is 1.91 bits per heavy atom. The van der Waals surface area contributed by atoms with Gasteiger partial charge in [-0.05, 0) is 55.1 Å². The second-order valence-corrected chi connectivity index (χ2v) is 12.7. The molecule has 2 N–H and O–H groups in total. The molecule has 0 spiro atoms. The second kappa shape index (κ2) is 12.0. The number of para-hydroxylation sites is 1. The molecule has 5 aromatic rings. The van der Waals surface area contributed by atoms with Crippen LogP contribution in [0.1, 0.15) is 29.1 Å². The van der Waals surface area contributed by atoms with Crippen LogP contribution in [0, 0.1) is 17.0 Å². The van der Waals surface area contributed by atoms with Gasteiger partial charge >= 0.3 is 0 Å². The van der Waals surface area contributed by atoms with Gasteiger partial charge in [0.2, 0.25) is 0 Å². The predicted octanol–water partition coefficient (Wildman–Crippen LogP) is 4.39. The highest BCUT2D eigenvalue weighted by Crippen LogP contribution is 2.34. The van der Waals surface area contributed by atoms with Gasteiger partial charge < -0.3 is 10.3 Å². The number of fused-ring (bicyclic) bond motifs is 1. The summed E-state index contributed by atoms with van der Waals surface area (Å²) >= 11 is 3.67. The van der Waals surface area contributed by atoms with Gasteiger partial charge in [0.05, 0.1) is 20.7 Å². The first-order chi connectivity index (χ1) is 21.2. The molecule has 2 aromatic carbocycles. The maximum atomic E-state index is 14.1. The summed E-state index contributed by atoms with van der Waals surface area (Å²) in [5.74, 6) is -0.373. The molecule has 220 valence electrons. The molecule has 1 aliphatic heterocycles. The molecule has 0 fully saturated rings. The van der Waals surface area contributed by atoms with E-state index >= 15 is 0 Å². The number of nitrogens with zero attached hydrogens (tertiary/aromatic N) is 4. The number of carbonyl (C=O) groups excluding carboxylic acids is 1. The minimum absolute atomic E-state index is 0.161. The average Bonchev–Trinajstić information content (AvgIpc) is 3.61. The topological polar surface area (TPSA) is 152 Å². The van der Waals surface area contributed by atoms with Crippen LogP contribution in [-0.2, 0) is 4.79 Å². The first-order valence-electron chi connectivity index (χ1n) is 13.1. The second-order valence-electron chi connectivity index (χ2n) is 9.69. The summed E-state index contributed by atoms with van der Waals surface area (Å²) in [5.41, 5.74) is 1.46. The maximum Gasteiger partial charge on any atom is 0.271 e. The van der Waals surface area contributed by atoms with Gasteiger partial charge in [0.1, 0.15) is 6.04 Å². The number of hydrogen-bond donors (Lipinski definition) is 2. The molecule has 0 unspecified atom stereocenters. The Morgan fingerprint density at radius 3 is 2.61 bits per heavy atom. The number of thiazole rings is 1. The van der Waals surface area contributed by atoms with Gasteiger partial charge in [-0.2, -0.15) is 0 Å². The monoisotopic (exact) mass is 642 g/mol. The van der Waals surface area contributed by atoms with Crippen LogP contribution < -0.4 is 25.8 Å². The van der Waals surface area contributed by atoms with E-state index in [9.17, 15) is 24.5 Å². The van der Waals surface area contributed by atoms with Crippen molar-refractivity contribution in [2.24, 2.45) is 4.99 Å². The normalized spacial score (nSPS) is 14.7. The lowest BCUT2D eigenvalue weighted by Gasteiger charge is -2.24. The van der Waals surface area contributed by atoms with Crippen molar-refractivity contribution in [2.75, 3.05) is 5.32 Å². The summed E-state index contributed by atoms with van der Waals surface area (Å²) < 4.78 is 1.77. The molecule has 11 nitrogen and oxygen atoms in total. The first-order valence-corrected chi connectivity index (χ1v) is 15.7. The molecule has 6 rings (SSSR count). The van der Waals surface area contributed by atoms with Crippen molar-refractivity contribution in [3.63, 3.8) is 0 Å². The molecule has 4 heterocycles. The Labute approximate surface area is 261 Å².